The Morgan fingerprint density at radius 2 is 1.70 bits per heavy atom. The Bertz CT molecular complexity index is 215. The Morgan fingerprint density at radius 3 is 2.00 bits per heavy atom. The number of alkyl halides is 1. The lowest BCUT2D eigenvalue weighted by atomic mass is 10.2. The van der Waals surface area contributed by atoms with Crippen LogP contribution in [0.2, 0.25) is 0 Å². The maximum absolute atomic E-state index is 3.47. The zero-order valence-corrected chi connectivity index (χ0v) is 10.4. The SMILES string of the molecule is Brc1cccc(Br)c1CI. The zero-order chi connectivity index (χ0) is 7.56. The minimum Gasteiger partial charge on any atom is -0.0811 e. The number of hydrogen-bond acceptors (Lipinski definition) is 0. The van der Waals surface area contributed by atoms with Gasteiger partial charge in [-0.2, -0.15) is 0 Å². The van der Waals surface area contributed by atoms with Gasteiger partial charge in [0, 0.05) is 13.4 Å². The highest BCUT2D eigenvalue weighted by molar-refractivity contribution is 14.1. The van der Waals surface area contributed by atoms with Crippen molar-refractivity contribution in [1.29, 1.82) is 0 Å². The first kappa shape index (κ1) is 9.00. The molecule has 0 radical (unpaired) electrons. The zero-order valence-electron chi connectivity index (χ0n) is 5.07. The molecule has 54 valence electrons. The summed E-state index contributed by atoms with van der Waals surface area (Å²) in [6.07, 6.45) is 0. The molecule has 0 saturated carbocycles. The predicted molar refractivity (Wildman–Crippen MR) is 59.6 cm³/mol. The van der Waals surface area contributed by atoms with Gasteiger partial charge >= 0.3 is 0 Å². The molecule has 0 atom stereocenters. The topological polar surface area (TPSA) is 0 Å². The summed E-state index contributed by atoms with van der Waals surface area (Å²) >= 11 is 9.29. The molecule has 0 aliphatic heterocycles. The molecular formula is C7H5Br2I. The van der Waals surface area contributed by atoms with Crippen LogP contribution in [-0.4, -0.2) is 0 Å². The van der Waals surface area contributed by atoms with E-state index >= 15 is 0 Å². The molecule has 0 nitrogen and oxygen atoms in total. The summed E-state index contributed by atoms with van der Waals surface area (Å²) in [5.41, 5.74) is 1.32. The minimum absolute atomic E-state index is 1.03. The molecule has 0 fully saturated rings. The monoisotopic (exact) mass is 374 g/mol. The van der Waals surface area contributed by atoms with E-state index in [2.05, 4.69) is 66.6 Å². The average molecular weight is 376 g/mol. The van der Waals surface area contributed by atoms with Crippen molar-refractivity contribution >= 4 is 54.5 Å². The second-order valence-corrected chi connectivity index (χ2v) is 4.31. The third kappa shape index (κ3) is 1.95. The third-order valence-corrected chi connectivity index (χ3v) is 3.44. The van der Waals surface area contributed by atoms with Crippen LogP contribution in [0.25, 0.3) is 0 Å². The van der Waals surface area contributed by atoms with Gasteiger partial charge in [-0.05, 0) is 17.7 Å². The standard InChI is InChI=1S/C7H5Br2I/c8-6-2-1-3-7(9)5(6)4-10/h1-3H,4H2. The first-order valence-electron chi connectivity index (χ1n) is 2.74. The van der Waals surface area contributed by atoms with Crippen molar-refractivity contribution < 1.29 is 0 Å². The summed E-state index contributed by atoms with van der Waals surface area (Å²) in [7, 11) is 0. The molecule has 0 heterocycles. The fourth-order valence-corrected chi connectivity index (χ4v) is 3.81. The van der Waals surface area contributed by atoms with Crippen LogP contribution in [-0.2, 0) is 4.43 Å². The molecule has 0 N–H and O–H groups in total. The van der Waals surface area contributed by atoms with E-state index in [0.29, 0.717) is 0 Å². The predicted octanol–water partition coefficient (Wildman–Crippen LogP) is 4.15. The van der Waals surface area contributed by atoms with Gasteiger partial charge in [-0.1, -0.05) is 60.5 Å². The molecule has 0 saturated heterocycles. The van der Waals surface area contributed by atoms with Crippen molar-refractivity contribution in [3.8, 4) is 0 Å². The van der Waals surface area contributed by atoms with Gasteiger partial charge in [0.2, 0.25) is 0 Å². The molecule has 10 heavy (non-hydrogen) atoms. The van der Waals surface area contributed by atoms with E-state index in [1.165, 1.54) is 14.5 Å². The number of benzene rings is 1. The van der Waals surface area contributed by atoms with Crippen molar-refractivity contribution in [3.63, 3.8) is 0 Å². The molecule has 1 aromatic rings. The number of halogens is 3. The summed E-state index contributed by atoms with van der Waals surface area (Å²) in [5, 5.41) is 0. The van der Waals surface area contributed by atoms with E-state index in [1.54, 1.807) is 0 Å². The third-order valence-electron chi connectivity index (χ3n) is 1.20. The highest BCUT2D eigenvalue weighted by Crippen LogP contribution is 2.26. The van der Waals surface area contributed by atoms with Crippen molar-refractivity contribution in [2.24, 2.45) is 0 Å². The van der Waals surface area contributed by atoms with Crippen LogP contribution in [0.1, 0.15) is 5.56 Å². The molecule has 0 unspecified atom stereocenters. The smallest absolute Gasteiger partial charge is 0.0269 e. The fourth-order valence-electron chi connectivity index (χ4n) is 0.660. The molecular weight excluding hydrogens is 371 g/mol. The molecule has 0 spiro atoms. The highest BCUT2D eigenvalue weighted by atomic mass is 127. The number of rotatable bonds is 1. The Morgan fingerprint density at radius 1 is 1.20 bits per heavy atom. The summed E-state index contributed by atoms with van der Waals surface area (Å²) in [6, 6.07) is 6.13. The summed E-state index contributed by atoms with van der Waals surface area (Å²) < 4.78 is 3.38. The Labute approximate surface area is 90.8 Å². The lowest BCUT2D eigenvalue weighted by Crippen LogP contribution is -1.80. The Balaban J connectivity index is 3.17. The van der Waals surface area contributed by atoms with E-state index in [0.717, 1.165) is 4.43 Å². The van der Waals surface area contributed by atoms with E-state index in [-0.39, 0.29) is 0 Å². The summed E-state index contributed by atoms with van der Waals surface area (Å²) in [6.45, 7) is 0. The highest BCUT2D eigenvalue weighted by Gasteiger charge is 2.00. The van der Waals surface area contributed by atoms with Crippen molar-refractivity contribution in [2.45, 2.75) is 4.43 Å². The second-order valence-electron chi connectivity index (χ2n) is 1.83. The van der Waals surface area contributed by atoms with Gasteiger partial charge in [-0.3, -0.25) is 0 Å². The number of hydrogen-bond donors (Lipinski definition) is 0. The lowest BCUT2D eigenvalue weighted by Gasteiger charge is -2.01. The average Bonchev–Trinajstić information content (AvgIpc) is 1.88. The van der Waals surface area contributed by atoms with Crippen LogP contribution in [0.4, 0.5) is 0 Å². The van der Waals surface area contributed by atoms with Crippen LogP contribution in [0.3, 0.4) is 0 Å². The van der Waals surface area contributed by atoms with Crippen LogP contribution < -0.4 is 0 Å². The molecule has 0 amide bonds. The Hall–Kier alpha value is 0.910. The largest absolute Gasteiger partial charge is 0.0811 e. The van der Waals surface area contributed by atoms with Gasteiger partial charge in [-0.15, -0.1) is 0 Å². The normalized spacial score (nSPS) is 9.90. The van der Waals surface area contributed by atoms with Crippen molar-refractivity contribution in [3.05, 3.63) is 32.7 Å². The fraction of sp³-hybridized carbons (Fsp3) is 0.143. The van der Waals surface area contributed by atoms with Gasteiger partial charge < -0.3 is 0 Å². The molecule has 0 aliphatic carbocycles. The van der Waals surface area contributed by atoms with Gasteiger partial charge in [0.05, 0.1) is 0 Å². The van der Waals surface area contributed by atoms with Crippen LogP contribution >= 0.6 is 54.5 Å². The molecule has 1 aromatic carbocycles. The van der Waals surface area contributed by atoms with E-state index in [9.17, 15) is 0 Å². The van der Waals surface area contributed by atoms with E-state index in [1.807, 2.05) is 6.07 Å². The van der Waals surface area contributed by atoms with E-state index in [4.69, 9.17) is 0 Å². The molecule has 1 rings (SSSR count). The maximum atomic E-state index is 3.47. The molecule has 3 heteroatoms. The first-order chi connectivity index (χ1) is 4.75. The quantitative estimate of drug-likeness (QED) is 0.511. The molecule has 0 bridgehead atoms. The van der Waals surface area contributed by atoms with Crippen LogP contribution in [0.5, 0.6) is 0 Å². The van der Waals surface area contributed by atoms with Gasteiger partial charge in [0.25, 0.3) is 0 Å². The second kappa shape index (κ2) is 4.07. The first-order valence-corrected chi connectivity index (χ1v) is 5.85. The lowest BCUT2D eigenvalue weighted by molar-refractivity contribution is 1.38. The van der Waals surface area contributed by atoms with Crippen molar-refractivity contribution in [2.75, 3.05) is 0 Å². The van der Waals surface area contributed by atoms with Gasteiger partial charge in [0.1, 0.15) is 0 Å². The van der Waals surface area contributed by atoms with Gasteiger partial charge in [-0.25, -0.2) is 0 Å². The Kier molecular flexibility index (Phi) is 3.66. The molecule has 0 aromatic heterocycles. The van der Waals surface area contributed by atoms with Gasteiger partial charge in [0.15, 0.2) is 0 Å². The maximum Gasteiger partial charge on any atom is 0.0269 e. The van der Waals surface area contributed by atoms with Crippen LogP contribution in [0, 0.1) is 0 Å². The summed E-state index contributed by atoms with van der Waals surface area (Å²) in [5.74, 6) is 0. The van der Waals surface area contributed by atoms with Crippen molar-refractivity contribution in [1.82, 2.24) is 0 Å². The van der Waals surface area contributed by atoms with E-state index < -0.39 is 0 Å². The summed E-state index contributed by atoms with van der Waals surface area (Å²) in [4.78, 5) is 0. The molecule has 0 aliphatic rings. The van der Waals surface area contributed by atoms with Crippen LogP contribution in [0.15, 0.2) is 27.1 Å². The minimum atomic E-state index is 1.03.